The Bertz CT molecular complexity index is 1230. The number of para-hydroxylation sites is 2. The van der Waals surface area contributed by atoms with E-state index in [0.717, 1.165) is 52.3 Å². The molecule has 0 N–H and O–H groups in total. The number of furan rings is 1. The molecule has 0 bridgehead atoms. The largest absolute Gasteiger partial charge is 0.455 e. The van der Waals surface area contributed by atoms with Crippen LogP contribution in [0.1, 0.15) is 54.6 Å². The van der Waals surface area contributed by atoms with E-state index in [1.807, 2.05) is 42.5 Å². The minimum atomic E-state index is -2.23. The van der Waals surface area contributed by atoms with Crippen molar-refractivity contribution in [1.82, 2.24) is 0 Å². The van der Waals surface area contributed by atoms with E-state index in [2.05, 4.69) is 12.1 Å². The van der Waals surface area contributed by atoms with Crippen molar-refractivity contribution < 1.29 is 9.90 Å². The lowest BCUT2D eigenvalue weighted by molar-refractivity contribution is 0.442. The third kappa shape index (κ3) is 2.54. The minimum Gasteiger partial charge on any atom is -0.455 e. The van der Waals surface area contributed by atoms with E-state index in [1.54, 1.807) is 6.07 Å². The summed E-state index contributed by atoms with van der Waals surface area (Å²) in [6, 6.07) is 19.5. The maximum absolute atomic E-state index is 9.12. The van der Waals surface area contributed by atoms with Crippen LogP contribution >= 0.6 is 0 Å². The lowest BCUT2D eigenvalue weighted by atomic mass is 9.81. The van der Waals surface area contributed by atoms with Gasteiger partial charge in [0.2, 0.25) is 0 Å². The van der Waals surface area contributed by atoms with Crippen LogP contribution in [0.25, 0.3) is 33.1 Å². The number of hydrogen-bond donors (Lipinski definition) is 0. The molecule has 0 unspecified atom stereocenters. The molecule has 1 fully saturated rings. The fourth-order valence-corrected chi connectivity index (χ4v) is 4.23. The van der Waals surface area contributed by atoms with Crippen molar-refractivity contribution in [3.63, 3.8) is 0 Å². The van der Waals surface area contributed by atoms with Crippen LogP contribution in [-0.2, 0) is 0 Å². The molecular formula is C25H24O. The zero-order valence-corrected chi connectivity index (χ0v) is 14.7. The van der Waals surface area contributed by atoms with Gasteiger partial charge in [-0.25, -0.2) is 0 Å². The Kier molecular flexibility index (Phi) is 2.91. The highest BCUT2D eigenvalue weighted by atomic mass is 16.3. The molecule has 1 heteroatoms. The first-order valence-electron chi connectivity index (χ1n) is 11.4. The Labute approximate surface area is 160 Å². The highest BCUT2D eigenvalue weighted by Crippen LogP contribution is 2.39. The number of rotatable bonds is 2. The van der Waals surface area contributed by atoms with Crippen molar-refractivity contribution in [3.05, 3.63) is 71.8 Å². The van der Waals surface area contributed by atoms with Crippen LogP contribution in [0.4, 0.5) is 0 Å². The molecule has 0 aliphatic heterocycles. The van der Waals surface area contributed by atoms with E-state index in [4.69, 9.17) is 9.90 Å². The monoisotopic (exact) mass is 344 g/mol. The van der Waals surface area contributed by atoms with Gasteiger partial charge < -0.3 is 4.42 Å². The van der Waals surface area contributed by atoms with Gasteiger partial charge in [-0.05, 0) is 48.3 Å². The average Bonchev–Trinajstić information content (AvgIpc) is 3.12. The molecule has 1 aromatic heterocycles. The Morgan fingerprint density at radius 3 is 2.65 bits per heavy atom. The van der Waals surface area contributed by atoms with Crippen LogP contribution < -0.4 is 0 Å². The summed E-state index contributed by atoms with van der Waals surface area (Å²) in [5.74, 6) is -0.847. The van der Waals surface area contributed by atoms with Crippen molar-refractivity contribution >= 4 is 21.9 Å². The van der Waals surface area contributed by atoms with E-state index in [0.29, 0.717) is 24.0 Å². The van der Waals surface area contributed by atoms with Crippen molar-refractivity contribution in [2.45, 2.75) is 44.8 Å². The topological polar surface area (TPSA) is 13.1 Å². The molecule has 1 aliphatic carbocycles. The van der Waals surface area contributed by atoms with Crippen molar-refractivity contribution in [3.8, 4) is 11.1 Å². The first kappa shape index (κ1) is 12.0. The SMILES string of the molecule is [2H]C([2H])([2H])c1ccc(-c2cccc3c2oc2ccccc23)cc1C1([2H])CCCCC1. The fourth-order valence-electron chi connectivity index (χ4n) is 4.23. The van der Waals surface area contributed by atoms with Crippen LogP contribution in [0.15, 0.2) is 65.1 Å². The summed E-state index contributed by atoms with van der Waals surface area (Å²) in [7, 11) is 0. The van der Waals surface area contributed by atoms with Gasteiger partial charge in [0.25, 0.3) is 0 Å². The molecule has 1 aliphatic rings. The van der Waals surface area contributed by atoms with Gasteiger partial charge in [-0.15, -0.1) is 0 Å². The second-order valence-corrected chi connectivity index (χ2v) is 7.21. The second kappa shape index (κ2) is 6.32. The summed E-state index contributed by atoms with van der Waals surface area (Å²) in [4.78, 5) is 0. The summed E-state index contributed by atoms with van der Waals surface area (Å²) in [6.45, 7) is -2.23. The molecule has 0 radical (unpaired) electrons. The Hall–Kier alpha value is -2.54. The molecule has 4 aromatic rings. The van der Waals surface area contributed by atoms with Gasteiger partial charge in [0.05, 0.1) is 0 Å². The Morgan fingerprint density at radius 2 is 1.77 bits per heavy atom. The summed E-state index contributed by atoms with van der Waals surface area (Å²) in [5.41, 5.74) is 4.42. The molecule has 3 aromatic carbocycles. The smallest absolute Gasteiger partial charge is 0.143 e. The van der Waals surface area contributed by atoms with E-state index in [-0.39, 0.29) is 0 Å². The van der Waals surface area contributed by atoms with Gasteiger partial charge in [0, 0.05) is 21.8 Å². The fraction of sp³-hybridized carbons (Fsp3) is 0.280. The maximum atomic E-state index is 9.12. The number of benzene rings is 3. The van der Waals surface area contributed by atoms with Crippen LogP contribution in [-0.4, -0.2) is 0 Å². The van der Waals surface area contributed by atoms with Crippen molar-refractivity contribution in [2.75, 3.05) is 0 Å². The molecule has 130 valence electrons. The van der Waals surface area contributed by atoms with Gasteiger partial charge >= 0.3 is 0 Å². The second-order valence-electron chi connectivity index (χ2n) is 7.21. The molecule has 1 nitrogen and oxygen atoms in total. The predicted octanol–water partition coefficient (Wildman–Crippen LogP) is 7.61. The first-order chi connectivity index (χ1) is 14.4. The highest BCUT2D eigenvalue weighted by Gasteiger charge is 2.19. The molecular weight excluding hydrogens is 316 g/mol. The van der Waals surface area contributed by atoms with E-state index >= 15 is 0 Å². The third-order valence-corrected chi connectivity index (χ3v) is 5.57. The Balaban J connectivity index is 1.73. The van der Waals surface area contributed by atoms with Gasteiger partial charge in [-0.3, -0.25) is 0 Å². The zero-order chi connectivity index (χ0) is 20.9. The molecule has 26 heavy (non-hydrogen) atoms. The molecule has 0 atom stereocenters. The molecule has 5 rings (SSSR count). The van der Waals surface area contributed by atoms with E-state index < -0.39 is 12.7 Å². The number of fused-ring (bicyclic) bond motifs is 3. The normalized spacial score (nSPS) is 19.7. The molecule has 0 amide bonds. The van der Waals surface area contributed by atoms with Crippen LogP contribution in [0.3, 0.4) is 0 Å². The van der Waals surface area contributed by atoms with Gasteiger partial charge in [0.15, 0.2) is 0 Å². The standard InChI is InChI=1S/C25H24O/c1-17-14-15-19(16-23(17)18-8-3-2-4-9-18)20-11-7-12-22-21-10-5-6-13-24(21)26-25(20)22/h5-7,10-16,18H,2-4,8-9H2,1H3/i1D3,18D. The average molecular weight is 344 g/mol. The minimum absolute atomic E-state index is 0.305. The quantitative estimate of drug-likeness (QED) is 0.365. The van der Waals surface area contributed by atoms with Gasteiger partial charge in [-0.1, -0.05) is 73.9 Å². The van der Waals surface area contributed by atoms with Crippen LogP contribution in [0, 0.1) is 6.85 Å². The van der Waals surface area contributed by atoms with Crippen LogP contribution in [0.5, 0.6) is 0 Å². The Morgan fingerprint density at radius 1 is 0.923 bits per heavy atom. The molecule has 1 heterocycles. The summed E-state index contributed by atoms with van der Waals surface area (Å²) < 4.78 is 39.4. The number of hydrogen-bond acceptors (Lipinski definition) is 1. The van der Waals surface area contributed by atoms with Gasteiger partial charge in [0.1, 0.15) is 11.2 Å². The van der Waals surface area contributed by atoms with Crippen LogP contribution in [0.2, 0.25) is 0 Å². The molecule has 0 spiro atoms. The van der Waals surface area contributed by atoms with Gasteiger partial charge in [-0.2, -0.15) is 0 Å². The summed E-state index contributed by atoms with van der Waals surface area (Å²) >= 11 is 0. The first-order valence-corrected chi connectivity index (χ1v) is 9.42. The molecule has 1 saturated carbocycles. The number of aryl methyl sites for hydroxylation is 1. The zero-order valence-electron chi connectivity index (χ0n) is 18.7. The predicted molar refractivity (Wildman–Crippen MR) is 110 cm³/mol. The third-order valence-electron chi connectivity index (χ3n) is 5.57. The summed E-state index contributed by atoms with van der Waals surface area (Å²) in [6.07, 6.45) is 4.45. The van der Waals surface area contributed by atoms with Crippen molar-refractivity contribution in [2.24, 2.45) is 0 Å². The van der Waals surface area contributed by atoms with E-state index in [1.165, 1.54) is 0 Å². The highest BCUT2D eigenvalue weighted by molar-refractivity contribution is 6.09. The lowest BCUT2D eigenvalue weighted by Crippen LogP contribution is -2.06. The molecule has 0 saturated heterocycles. The van der Waals surface area contributed by atoms with Crippen molar-refractivity contribution in [1.29, 1.82) is 0 Å². The maximum Gasteiger partial charge on any atom is 0.143 e. The lowest BCUT2D eigenvalue weighted by Gasteiger charge is -2.24. The van der Waals surface area contributed by atoms with E-state index in [9.17, 15) is 0 Å². The summed E-state index contributed by atoms with van der Waals surface area (Å²) in [5, 5.41) is 2.11.